The minimum absolute atomic E-state index is 0.0673. The molecule has 0 unspecified atom stereocenters. The molecule has 0 saturated carbocycles. The van der Waals surface area contributed by atoms with E-state index in [1.54, 1.807) is 16.7 Å². The number of carbonyl (C=O) groups excluding carboxylic acids is 1. The molecule has 0 bridgehead atoms. The Morgan fingerprint density at radius 2 is 1.97 bits per heavy atom. The van der Waals surface area contributed by atoms with Gasteiger partial charge in [-0.15, -0.1) is 10.2 Å². The van der Waals surface area contributed by atoms with Gasteiger partial charge < -0.3 is 5.32 Å². The molecule has 4 rings (SSSR count). The van der Waals surface area contributed by atoms with Crippen LogP contribution in [0.15, 0.2) is 52.4 Å². The lowest BCUT2D eigenvalue weighted by atomic mass is 10.2. The molecular weight excluding hydrogens is 446 g/mol. The predicted octanol–water partition coefficient (Wildman–Crippen LogP) is 4.93. The van der Waals surface area contributed by atoms with Crippen LogP contribution in [0.25, 0.3) is 16.7 Å². The number of amides is 1. The van der Waals surface area contributed by atoms with E-state index in [1.807, 2.05) is 41.7 Å². The number of unbranched alkanes of at least 4 members (excludes halogenated alkanes) is 2. The first kappa shape index (κ1) is 22.4. The highest BCUT2D eigenvalue weighted by Gasteiger charge is 2.17. The van der Waals surface area contributed by atoms with E-state index in [4.69, 9.17) is 11.6 Å². The average Bonchev–Trinajstić information content (AvgIpc) is 3.21. The number of hydrogen-bond donors (Lipinski definition) is 1. The van der Waals surface area contributed by atoms with Gasteiger partial charge in [-0.25, -0.2) is 0 Å². The van der Waals surface area contributed by atoms with Crippen molar-refractivity contribution in [1.82, 2.24) is 19.2 Å². The van der Waals surface area contributed by atoms with Crippen molar-refractivity contribution in [2.24, 2.45) is 0 Å². The SMILES string of the molecule is CCCCCn1c(=O)c2ccccc2n2c(SCC(=O)Nc3cc(Cl)ccc3C)nnc12. The van der Waals surface area contributed by atoms with E-state index in [0.29, 0.717) is 33.6 Å². The van der Waals surface area contributed by atoms with Crippen LogP contribution in [0.3, 0.4) is 0 Å². The number of carbonyl (C=O) groups is 1. The second kappa shape index (κ2) is 9.75. The van der Waals surface area contributed by atoms with Gasteiger partial charge in [0.15, 0.2) is 5.16 Å². The molecule has 0 saturated heterocycles. The van der Waals surface area contributed by atoms with E-state index in [2.05, 4.69) is 22.4 Å². The van der Waals surface area contributed by atoms with Crippen LogP contribution in [0.1, 0.15) is 31.7 Å². The van der Waals surface area contributed by atoms with Crippen molar-refractivity contribution in [3.63, 3.8) is 0 Å². The normalized spacial score (nSPS) is 11.3. The maximum Gasteiger partial charge on any atom is 0.262 e. The molecule has 0 radical (unpaired) electrons. The quantitative estimate of drug-likeness (QED) is 0.292. The molecule has 2 heterocycles. The Labute approximate surface area is 194 Å². The van der Waals surface area contributed by atoms with Gasteiger partial charge in [0, 0.05) is 17.3 Å². The summed E-state index contributed by atoms with van der Waals surface area (Å²) in [5.74, 6) is 0.479. The molecule has 2 aromatic heterocycles. The zero-order valence-corrected chi connectivity index (χ0v) is 19.5. The van der Waals surface area contributed by atoms with E-state index in [9.17, 15) is 9.59 Å². The topological polar surface area (TPSA) is 81.3 Å². The number of hydrogen-bond acceptors (Lipinski definition) is 5. The Hall–Kier alpha value is -2.84. The van der Waals surface area contributed by atoms with Crippen LogP contribution in [0, 0.1) is 6.92 Å². The van der Waals surface area contributed by atoms with E-state index < -0.39 is 0 Å². The summed E-state index contributed by atoms with van der Waals surface area (Å²) in [4.78, 5) is 25.7. The zero-order chi connectivity index (χ0) is 22.7. The lowest BCUT2D eigenvalue weighted by Crippen LogP contribution is -2.23. The highest BCUT2D eigenvalue weighted by atomic mass is 35.5. The number of fused-ring (bicyclic) bond motifs is 3. The third-order valence-electron chi connectivity index (χ3n) is 5.27. The average molecular weight is 470 g/mol. The number of aryl methyl sites for hydroxylation is 2. The molecule has 2 aromatic carbocycles. The van der Waals surface area contributed by atoms with Crippen LogP contribution in [0.4, 0.5) is 5.69 Å². The van der Waals surface area contributed by atoms with Crippen molar-refractivity contribution in [2.75, 3.05) is 11.1 Å². The first-order valence-corrected chi connectivity index (χ1v) is 11.9. The Kier molecular flexibility index (Phi) is 6.81. The van der Waals surface area contributed by atoms with Gasteiger partial charge in [0.25, 0.3) is 5.56 Å². The number of para-hydroxylation sites is 1. The van der Waals surface area contributed by atoms with Crippen LogP contribution in [0.2, 0.25) is 5.02 Å². The van der Waals surface area contributed by atoms with E-state index in [-0.39, 0.29) is 17.2 Å². The van der Waals surface area contributed by atoms with E-state index >= 15 is 0 Å². The molecular formula is C23H24ClN5O2S. The Balaban J connectivity index is 1.64. The van der Waals surface area contributed by atoms with Gasteiger partial charge in [-0.05, 0) is 43.2 Å². The van der Waals surface area contributed by atoms with Gasteiger partial charge in [-0.3, -0.25) is 18.6 Å². The predicted molar refractivity (Wildman–Crippen MR) is 130 cm³/mol. The monoisotopic (exact) mass is 469 g/mol. The summed E-state index contributed by atoms with van der Waals surface area (Å²) in [5.41, 5.74) is 2.28. The summed E-state index contributed by atoms with van der Waals surface area (Å²) in [6, 6.07) is 12.8. The highest BCUT2D eigenvalue weighted by Crippen LogP contribution is 2.24. The van der Waals surface area contributed by atoms with E-state index in [0.717, 1.165) is 30.3 Å². The summed E-state index contributed by atoms with van der Waals surface area (Å²) >= 11 is 7.33. The second-order valence-corrected chi connectivity index (χ2v) is 8.97. The molecule has 9 heteroatoms. The van der Waals surface area contributed by atoms with Crippen LogP contribution < -0.4 is 10.9 Å². The van der Waals surface area contributed by atoms with Crippen molar-refractivity contribution in [2.45, 2.75) is 44.8 Å². The van der Waals surface area contributed by atoms with Crippen molar-refractivity contribution < 1.29 is 4.79 Å². The van der Waals surface area contributed by atoms with Gasteiger partial charge in [0.1, 0.15) is 0 Å². The molecule has 0 fully saturated rings. The van der Waals surface area contributed by atoms with Crippen LogP contribution >= 0.6 is 23.4 Å². The molecule has 0 aliphatic rings. The smallest absolute Gasteiger partial charge is 0.262 e. The maximum absolute atomic E-state index is 13.1. The minimum atomic E-state index is -0.169. The number of thioether (sulfide) groups is 1. The summed E-state index contributed by atoms with van der Waals surface area (Å²) < 4.78 is 3.55. The fraction of sp³-hybridized carbons (Fsp3) is 0.304. The first-order valence-electron chi connectivity index (χ1n) is 10.5. The Morgan fingerprint density at radius 1 is 1.16 bits per heavy atom. The molecule has 0 aliphatic carbocycles. The zero-order valence-electron chi connectivity index (χ0n) is 18.0. The number of nitrogens with one attached hydrogen (secondary N) is 1. The maximum atomic E-state index is 13.1. The van der Waals surface area contributed by atoms with Gasteiger partial charge in [0.05, 0.1) is 16.7 Å². The third kappa shape index (κ3) is 4.52. The van der Waals surface area contributed by atoms with Crippen molar-refractivity contribution in [3.05, 3.63) is 63.4 Å². The molecule has 1 N–H and O–H groups in total. The lowest BCUT2D eigenvalue weighted by Gasteiger charge is -2.11. The van der Waals surface area contributed by atoms with Gasteiger partial charge >= 0.3 is 0 Å². The number of aromatic nitrogens is 4. The number of anilines is 1. The standard InChI is InChI=1S/C23H24ClN5O2S/c1-3-4-7-12-28-21(31)17-8-5-6-9-19(17)29-22(28)26-27-23(29)32-14-20(30)25-18-13-16(24)11-10-15(18)2/h5-6,8-11,13H,3-4,7,12,14H2,1-2H3,(H,25,30). The van der Waals surface area contributed by atoms with Crippen molar-refractivity contribution >= 4 is 51.6 Å². The van der Waals surface area contributed by atoms with Gasteiger partial charge in [-0.1, -0.05) is 61.3 Å². The van der Waals surface area contributed by atoms with Crippen molar-refractivity contribution in [3.8, 4) is 0 Å². The molecule has 1 amide bonds. The number of halogens is 1. The molecule has 0 atom stereocenters. The number of benzene rings is 2. The van der Waals surface area contributed by atoms with Crippen LogP contribution in [0.5, 0.6) is 0 Å². The van der Waals surface area contributed by atoms with Gasteiger partial charge in [0.2, 0.25) is 11.7 Å². The molecule has 166 valence electrons. The third-order valence-corrected chi connectivity index (χ3v) is 6.43. The fourth-order valence-electron chi connectivity index (χ4n) is 3.59. The molecule has 0 spiro atoms. The molecule has 7 nitrogen and oxygen atoms in total. The Bertz CT molecular complexity index is 1350. The lowest BCUT2D eigenvalue weighted by molar-refractivity contribution is -0.113. The molecule has 32 heavy (non-hydrogen) atoms. The fourth-order valence-corrected chi connectivity index (χ4v) is 4.51. The largest absolute Gasteiger partial charge is 0.325 e. The highest BCUT2D eigenvalue weighted by molar-refractivity contribution is 7.99. The van der Waals surface area contributed by atoms with Crippen molar-refractivity contribution in [1.29, 1.82) is 0 Å². The summed E-state index contributed by atoms with van der Waals surface area (Å²) in [6.07, 6.45) is 2.99. The van der Waals surface area contributed by atoms with Gasteiger partial charge in [-0.2, -0.15) is 0 Å². The summed E-state index contributed by atoms with van der Waals surface area (Å²) in [6.45, 7) is 4.62. The summed E-state index contributed by atoms with van der Waals surface area (Å²) in [7, 11) is 0. The second-order valence-electron chi connectivity index (χ2n) is 7.60. The first-order chi connectivity index (χ1) is 15.5. The number of rotatable bonds is 8. The minimum Gasteiger partial charge on any atom is -0.325 e. The molecule has 4 aromatic rings. The molecule has 0 aliphatic heterocycles. The van der Waals surface area contributed by atoms with E-state index in [1.165, 1.54) is 11.8 Å². The number of nitrogens with zero attached hydrogens (tertiary/aromatic N) is 4. The van der Waals surface area contributed by atoms with Crippen LogP contribution in [-0.4, -0.2) is 30.8 Å². The Morgan fingerprint density at radius 3 is 2.78 bits per heavy atom. The summed E-state index contributed by atoms with van der Waals surface area (Å²) in [5, 5.41) is 13.2. The van der Waals surface area contributed by atoms with Crippen LogP contribution in [-0.2, 0) is 11.3 Å².